The van der Waals surface area contributed by atoms with Gasteiger partial charge in [-0.3, -0.25) is 0 Å². The molecule has 84 valence electrons. The second kappa shape index (κ2) is 4.30. The Bertz CT molecular complexity index is 454. The third kappa shape index (κ3) is 2.37. The van der Waals surface area contributed by atoms with Gasteiger partial charge >= 0.3 is 0 Å². The van der Waals surface area contributed by atoms with Crippen LogP contribution in [0.15, 0.2) is 23.1 Å². The van der Waals surface area contributed by atoms with Gasteiger partial charge in [-0.15, -0.1) is 0 Å². The Balaban J connectivity index is 3.33. The van der Waals surface area contributed by atoms with Crippen molar-refractivity contribution in [2.45, 2.75) is 24.2 Å². The van der Waals surface area contributed by atoms with Gasteiger partial charge in [0.15, 0.2) is 5.44 Å². The van der Waals surface area contributed by atoms with Crippen molar-refractivity contribution in [3.05, 3.63) is 29.3 Å². The van der Waals surface area contributed by atoms with E-state index in [2.05, 4.69) is 0 Å². The molecular formula is C10H15NO3S. The largest absolute Gasteiger partial charge is 0.376 e. The van der Waals surface area contributed by atoms with Crippen LogP contribution in [0.3, 0.4) is 0 Å². The summed E-state index contributed by atoms with van der Waals surface area (Å²) >= 11 is 0. The monoisotopic (exact) mass is 229 g/mol. The van der Waals surface area contributed by atoms with Gasteiger partial charge in [0.2, 0.25) is 9.84 Å². The summed E-state index contributed by atoms with van der Waals surface area (Å²) < 4.78 is 23.6. The molecule has 0 amide bonds. The highest BCUT2D eigenvalue weighted by atomic mass is 32.2. The van der Waals surface area contributed by atoms with Crippen LogP contribution < -0.4 is 5.73 Å². The zero-order chi connectivity index (χ0) is 11.6. The summed E-state index contributed by atoms with van der Waals surface area (Å²) in [6, 6.07) is 5.08. The van der Waals surface area contributed by atoms with Gasteiger partial charge in [0.05, 0.1) is 4.90 Å². The van der Waals surface area contributed by atoms with E-state index in [4.69, 9.17) is 5.73 Å². The highest BCUT2D eigenvalue weighted by Gasteiger charge is 2.25. The fourth-order valence-corrected chi connectivity index (χ4v) is 2.70. The molecule has 0 aliphatic carbocycles. The zero-order valence-electron chi connectivity index (χ0n) is 8.77. The Morgan fingerprint density at radius 3 is 2.53 bits per heavy atom. The summed E-state index contributed by atoms with van der Waals surface area (Å²) in [6.07, 6.45) is 0. The molecule has 1 aromatic carbocycles. The Kier molecular flexibility index (Phi) is 3.49. The van der Waals surface area contributed by atoms with E-state index in [1.807, 2.05) is 6.07 Å². The van der Waals surface area contributed by atoms with Crippen molar-refractivity contribution in [3.63, 3.8) is 0 Å². The van der Waals surface area contributed by atoms with E-state index in [1.54, 1.807) is 26.0 Å². The minimum Gasteiger partial charge on any atom is -0.376 e. The zero-order valence-corrected chi connectivity index (χ0v) is 9.58. The number of aliphatic hydroxyl groups excluding tert-OH is 1. The van der Waals surface area contributed by atoms with E-state index < -0.39 is 15.3 Å². The van der Waals surface area contributed by atoms with Crippen molar-refractivity contribution >= 4 is 9.84 Å². The van der Waals surface area contributed by atoms with Crippen LogP contribution in [0.4, 0.5) is 0 Å². The quantitative estimate of drug-likeness (QED) is 0.784. The van der Waals surface area contributed by atoms with Crippen LogP contribution >= 0.6 is 0 Å². The molecule has 0 bridgehead atoms. The van der Waals surface area contributed by atoms with Gasteiger partial charge in [0.25, 0.3) is 0 Å². The van der Waals surface area contributed by atoms with Gasteiger partial charge in [-0.2, -0.15) is 0 Å². The van der Waals surface area contributed by atoms with E-state index in [0.29, 0.717) is 5.56 Å². The fourth-order valence-electron chi connectivity index (χ4n) is 1.29. The van der Waals surface area contributed by atoms with Gasteiger partial charge in [-0.05, 0) is 31.0 Å². The molecule has 15 heavy (non-hydrogen) atoms. The highest BCUT2D eigenvalue weighted by molar-refractivity contribution is 7.92. The number of aryl methyl sites for hydroxylation is 2. The predicted octanol–water partition coefficient (Wildman–Crippen LogP) is 0.354. The van der Waals surface area contributed by atoms with Crippen molar-refractivity contribution in [2.75, 3.05) is 6.54 Å². The standard InChI is InChI=1S/C10H15NO3S/c1-7-3-4-8(2)9(5-7)15(13,14)10(12)6-11/h3-5,10,12H,6,11H2,1-2H3. The Hall–Kier alpha value is -0.910. The molecule has 1 rings (SSSR count). The molecule has 0 saturated heterocycles. The number of hydrogen-bond acceptors (Lipinski definition) is 4. The van der Waals surface area contributed by atoms with Crippen LogP contribution in [-0.4, -0.2) is 25.5 Å². The molecule has 0 aromatic heterocycles. The van der Waals surface area contributed by atoms with E-state index in [1.165, 1.54) is 0 Å². The number of nitrogens with two attached hydrogens (primary N) is 1. The average molecular weight is 229 g/mol. The molecule has 1 atom stereocenters. The Labute approximate surface area is 89.7 Å². The molecule has 0 fully saturated rings. The maximum Gasteiger partial charge on any atom is 0.206 e. The number of hydrogen-bond donors (Lipinski definition) is 2. The first-order valence-corrected chi connectivity index (χ1v) is 6.13. The lowest BCUT2D eigenvalue weighted by atomic mass is 10.2. The van der Waals surface area contributed by atoms with Crippen molar-refractivity contribution in [2.24, 2.45) is 5.73 Å². The second-order valence-corrected chi connectivity index (χ2v) is 5.58. The van der Waals surface area contributed by atoms with Gasteiger partial charge in [-0.1, -0.05) is 12.1 Å². The maximum absolute atomic E-state index is 11.8. The molecule has 4 nitrogen and oxygen atoms in total. The number of rotatable bonds is 3. The lowest BCUT2D eigenvalue weighted by molar-refractivity contribution is 0.256. The molecule has 0 heterocycles. The molecule has 5 heteroatoms. The van der Waals surface area contributed by atoms with Gasteiger partial charge in [-0.25, -0.2) is 8.42 Å². The minimum absolute atomic E-state index is 0.153. The van der Waals surface area contributed by atoms with E-state index >= 15 is 0 Å². The lowest BCUT2D eigenvalue weighted by Crippen LogP contribution is -2.29. The number of benzene rings is 1. The fraction of sp³-hybridized carbons (Fsp3) is 0.400. The molecule has 0 aliphatic rings. The van der Waals surface area contributed by atoms with Gasteiger partial charge in [0, 0.05) is 6.54 Å². The van der Waals surface area contributed by atoms with Crippen LogP contribution in [-0.2, 0) is 9.84 Å². The number of aliphatic hydroxyl groups is 1. The molecular weight excluding hydrogens is 214 g/mol. The van der Waals surface area contributed by atoms with Crippen molar-refractivity contribution in [1.82, 2.24) is 0 Å². The summed E-state index contributed by atoms with van der Waals surface area (Å²) in [5.41, 5.74) is 5.08. The molecule has 0 spiro atoms. The van der Waals surface area contributed by atoms with E-state index in [0.717, 1.165) is 5.56 Å². The molecule has 0 aliphatic heterocycles. The van der Waals surface area contributed by atoms with Crippen LogP contribution in [0, 0.1) is 13.8 Å². The first kappa shape index (κ1) is 12.2. The summed E-state index contributed by atoms with van der Waals surface area (Å²) in [6.45, 7) is 3.19. The first-order chi connectivity index (χ1) is 6.89. The van der Waals surface area contributed by atoms with Crippen LogP contribution in [0.2, 0.25) is 0 Å². The summed E-state index contributed by atoms with van der Waals surface area (Å²) in [4.78, 5) is 0.153. The highest BCUT2D eigenvalue weighted by Crippen LogP contribution is 2.20. The minimum atomic E-state index is -3.71. The van der Waals surface area contributed by atoms with Gasteiger partial charge in [0.1, 0.15) is 0 Å². The molecule has 1 unspecified atom stereocenters. The predicted molar refractivity (Wildman–Crippen MR) is 58.2 cm³/mol. The maximum atomic E-state index is 11.8. The third-order valence-electron chi connectivity index (χ3n) is 2.21. The molecule has 3 N–H and O–H groups in total. The SMILES string of the molecule is Cc1ccc(C)c(S(=O)(=O)C(O)CN)c1. The van der Waals surface area contributed by atoms with E-state index in [9.17, 15) is 13.5 Å². The Morgan fingerprint density at radius 2 is 2.00 bits per heavy atom. The first-order valence-electron chi connectivity index (χ1n) is 4.59. The lowest BCUT2D eigenvalue weighted by Gasteiger charge is -2.12. The summed E-state index contributed by atoms with van der Waals surface area (Å²) in [5.74, 6) is 0. The summed E-state index contributed by atoms with van der Waals surface area (Å²) in [7, 11) is -3.71. The Morgan fingerprint density at radius 1 is 1.40 bits per heavy atom. The third-order valence-corrected chi connectivity index (χ3v) is 4.17. The van der Waals surface area contributed by atoms with Crippen LogP contribution in [0.1, 0.15) is 11.1 Å². The van der Waals surface area contributed by atoms with Crippen molar-refractivity contribution in [1.29, 1.82) is 0 Å². The summed E-state index contributed by atoms with van der Waals surface area (Å²) in [5, 5.41) is 9.34. The van der Waals surface area contributed by atoms with Crippen LogP contribution in [0.5, 0.6) is 0 Å². The average Bonchev–Trinajstić information content (AvgIpc) is 2.20. The van der Waals surface area contributed by atoms with E-state index in [-0.39, 0.29) is 11.4 Å². The van der Waals surface area contributed by atoms with Crippen molar-refractivity contribution < 1.29 is 13.5 Å². The molecule has 0 radical (unpaired) electrons. The molecule has 1 aromatic rings. The topological polar surface area (TPSA) is 80.4 Å². The molecule has 0 saturated carbocycles. The van der Waals surface area contributed by atoms with Gasteiger partial charge < -0.3 is 10.8 Å². The second-order valence-electron chi connectivity index (χ2n) is 3.50. The number of sulfone groups is 1. The normalized spacial score (nSPS) is 13.9. The van der Waals surface area contributed by atoms with Crippen molar-refractivity contribution in [3.8, 4) is 0 Å². The smallest absolute Gasteiger partial charge is 0.206 e. The van der Waals surface area contributed by atoms with Crippen LogP contribution in [0.25, 0.3) is 0 Å².